The number of morpholine rings is 1. The van der Waals surface area contributed by atoms with Gasteiger partial charge in [0.25, 0.3) is 5.91 Å². The number of nitrogens with two attached hydrogens (primary N) is 1. The minimum absolute atomic E-state index is 0.109. The molecule has 3 aromatic rings. The molecule has 1 unspecified atom stereocenters. The van der Waals surface area contributed by atoms with E-state index in [1.54, 1.807) is 37.5 Å². The molecule has 0 radical (unpaired) electrons. The molecule has 2 atom stereocenters. The number of aryl methyl sites for hydroxylation is 1. The molecule has 4 heterocycles. The Morgan fingerprint density at radius 2 is 1.81 bits per heavy atom. The van der Waals surface area contributed by atoms with E-state index in [4.69, 9.17) is 30.4 Å². The Morgan fingerprint density at radius 1 is 1.07 bits per heavy atom. The first-order valence-corrected chi connectivity index (χ1v) is 17.9. The first kappa shape index (κ1) is 40.1. The average Bonchev–Trinajstić information content (AvgIpc) is 3.94. The fourth-order valence-electron chi connectivity index (χ4n) is 7.58. The number of anilines is 1. The Balaban J connectivity index is 1.25. The Morgan fingerprint density at radius 3 is 2.45 bits per heavy atom. The summed E-state index contributed by atoms with van der Waals surface area (Å²) in [5, 5.41) is 16.1. The number of rotatable bonds is 8. The van der Waals surface area contributed by atoms with E-state index in [0.717, 1.165) is 6.08 Å². The molecule has 4 aliphatic rings. The maximum Gasteiger partial charge on any atom is 0.416 e. The van der Waals surface area contributed by atoms with E-state index < -0.39 is 65.4 Å². The molecular formula is C37H36F6N10O5. The normalized spacial score (nSPS) is 20.5. The third-order valence-electron chi connectivity index (χ3n) is 10.5. The highest BCUT2D eigenvalue weighted by atomic mass is 19.4. The van der Waals surface area contributed by atoms with Gasteiger partial charge in [-0.15, -0.1) is 0 Å². The molecule has 1 aromatic carbocycles. The van der Waals surface area contributed by atoms with Crippen LogP contribution in [0.15, 0.2) is 70.3 Å². The van der Waals surface area contributed by atoms with Crippen LogP contribution < -0.4 is 20.8 Å². The maximum absolute atomic E-state index is 13.9. The van der Waals surface area contributed by atoms with Crippen LogP contribution in [0.5, 0.6) is 5.88 Å². The number of aromatic nitrogens is 3. The third-order valence-corrected chi connectivity index (χ3v) is 10.5. The number of benzene rings is 1. The van der Waals surface area contributed by atoms with Gasteiger partial charge in [0.1, 0.15) is 6.10 Å². The number of hydrogen-bond donors (Lipinski definition) is 3. The molecule has 2 aliphatic heterocycles. The van der Waals surface area contributed by atoms with Crippen molar-refractivity contribution in [1.29, 1.82) is 5.41 Å². The van der Waals surface area contributed by atoms with Crippen molar-refractivity contribution in [3.8, 4) is 28.1 Å². The quantitative estimate of drug-likeness (QED) is 0.0589. The smallest absolute Gasteiger partial charge is 0.416 e. The monoisotopic (exact) mass is 814 g/mol. The molecule has 3 fully saturated rings. The number of carbonyl (C=O) groups excluding carboxylic acids is 2. The van der Waals surface area contributed by atoms with Crippen molar-refractivity contribution < 1.29 is 50.1 Å². The summed E-state index contributed by atoms with van der Waals surface area (Å²) >= 11 is 0. The van der Waals surface area contributed by atoms with E-state index in [2.05, 4.69) is 25.6 Å². The number of cyclic esters (lactones) is 1. The fourth-order valence-corrected chi connectivity index (χ4v) is 7.58. The van der Waals surface area contributed by atoms with Gasteiger partial charge in [0.15, 0.2) is 0 Å². The number of allylic oxidation sites excluding steroid dienone is 3. The summed E-state index contributed by atoms with van der Waals surface area (Å²) in [6, 6.07) is 6.59. The van der Waals surface area contributed by atoms with Crippen LogP contribution in [0.1, 0.15) is 40.9 Å². The van der Waals surface area contributed by atoms with E-state index in [1.165, 1.54) is 18.1 Å². The molecule has 2 aliphatic carbocycles. The van der Waals surface area contributed by atoms with E-state index >= 15 is 0 Å². The van der Waals surface area contributed by atoms with E-state index in [1.807, 2.05) is 4.90 Å². The second-order valence-electron chi connectivity index (χ2n) is 14.1. The second-order valence-corrected chi connectivity index (χ2v) is 14.1. The van der Waals surface area contributed by atoms with Gasteiger partial charge in [0, 0.05) is 59.2 Å². The fraction of sp³-hybridized carbons (Fsp3) is 0.405. The first-order valence-electron chi connectivity index (χ1n) is 17.9. The van der Waals surface area contributed by atoms with E-state index in [9.17, 15) is 35.9 Å². The zero-order chi connectivity index (χ0) is 41.6. The molecule has 0 bridgehead atoms. The van der Waals surface area contributed by atoms with Gasteiger partial charge in [0.2, 0.25) is 17.8 Å². The number of nitrogens with zero attached hydrogens (tertiary/aromatic N) is 7. The molecule has 21 heteroatoms. The number of alkyl halides is 6. The summed E-state index contributed by atoms with van der Waals surface area (Å²) in [5.41, 5.74) is -0.756. The van der Waals surface area contributed by atoms with Crippen molar-refractivity contribution in [2.24, 2.45) is 22.1 Å². The van der Waals surface area contributed by atoms with Gasteiger partial charge in [-0.05, 0) is 61.6 Å². The zero-order valence-corrected chi connectivity index (χ0v) is 30.9. The topological polar surface area (TPSA) is 194 Å². The Kier molecular flexibility index (Phi) is 10.6. The number of carbonyl (C=O) groups is 2. The molecule has 1 saturated carbocycles. The lowest BCUT2D eigenvalue weighted by molar-refractivity contribution is -0.101. The van der Waals surface area contributed by atoms with Crippen molar-refractivity contribution >= 4 is 23.9 Å². The van der Waals surface area contributed by atoms with Crippen LogP contribution in [0.25, 0.3) is 22.3 Å². The van der Waals surface area contributed by atoms with Crippen LogP contribution in [-0.2, 0) is 16.0 Å². The molecule has 306 valence electrons. The molecule has 1 spiro atoms. The number of pyridine rings is 1. The lowest BCUT2D eigenvalue weighted by Crippen LogP contribution is -2.42. The Labute approximate surface area is 326 Å². The number of amides is 2. The van der Waals surface area contributed by atoms with Crippen LogP contribution >= 0.6 is 0 Å². The van der Waals surface area contributed by atoms with Crippen molar-refractivity contribution in [2.45, 2.75) is 56.7 Å². The molecule has 58 heavy (non-hydrogen) atoms. The Bertz CT molecular complexity index is 2230. The summed E-state index contributed by atoms with van der Waals surface area (Å²) in [7, 11) is 1.41. The second kappa shape index (κ2) is 15.3. The lowest BCUT2D eigenvalue weighted by Gasteiger charge is -2.32. The van der Waals surface area contributed by atoms with Crippen molar-refractivity contribution in [1.82, 2.24) is 25.2 Å². The highest BCUT2D eigenvalue weighted by Gasteiger charge is 2.65. The number of methoxy groups -OCH3 is 1. The number of nitrogens with one attached hydrogen (secondary N) is 2. The number of halogens is 6. The minimum Gasteiger partial charge on any atom is -0.481 e. The molecule has 4 N–H and O–H groups in total. The van der Waals surface area contributed by atoms with Gasteiger partial charge < -0.3 is 25.0 Å². The highest BCUT2D eigenvalue weighted by Crippen LogP contribution is 2.56. The standard InChI is InChI=1S/C37H36F6N10O5/c1-19-11-20(30(54)49-32(44)50-51-45)3-4-25(19)22-14-26(31(56-2)46-16-22)27-17-47-33(52-7-9-57-10-8-52)48-28(27)18-53-34(55)58-29(35(53)5-6-35)21-12-23(36(38,39)40)15-24(13-21)37(41,42)43/h3-4,11-12,14-17,21,29H,5-10,13,18H2,1-2H3,(H4,44,45,49,50,54)/t21?,29-/m1/s1. The van der Waals surface area contributed by atoms with Crippen molar-refractivity contribution in [3.63, 3.8) is 0 Å². The molecule has 15 nitrogen and oxygen atoms in total. The van der Waals surface area contributed by atoms with Crippen molar-refractivity contribution in [3.05, 3.63) is 76.8 Å². The van der Waals surface area contributed by atoms with Gasteiger partial charge in [-0.1, -0.05) is 22.5 Å². The van der Waals surface area contributed by atoms with Gasteiger partial charge in [-0.3, -0.25) is 20.4 Å². The highest BCUT2D eigenvalue weighted by molar-refractivity contribution is 6.05. The zero-order valence-electron chi connectivity index (χ0n) is 30.9. The van der Waals surface area contributed by atoms with Crippen LogP contribution in [0.2, 0.25) is 0 Å². The molecule has 7 rings (SSSR count). The molecule has 2 amide bonds. The van der Waals surface area contributed by atoms with Gasteiger partial charge in [-0.25, -0.2) is 19.7 Å². The van der Waals surface area contributed by atoms with E-state index in [-0.39, 0.29) is 36.9 Å². The van der Waals surface area contributed by atoms with Crippen LogP contribution in [0, 0.1) is 18.3 Å². The predicted octanol–water partition coefficient (Wildman–Crippen LogP) is 6.20. The lowest BCUT2D eigenvalue weighted by atomic mass is 9.82. The predicted molar refractivity (Wildman–Crippen MR) is 193 cm³/mol. The largest absolute Gasteiger partial charge is 0.481 e. The summed E-state index contributed by atoms with van der Waals surface area (Å²) in [5.74, 6) is 2.87. The summed E-state index contributed by atoms with van der Waals surface area (Å²) in [6.07, 6.45) is -8.56. The SMILES string of the molecule is COc1ncc(-c2ccc(C(=O)NC(=N)N=NN)cc2C)cc1-c1cnc(N2CCOCC2)nc1CN1C(=O)O[C@H](C2C=C(C(F)(F)F)C=C(C(F)(F)F)C2)C12CC2. The molecule has 2 saturated heterocycles. The van der Waals surface area contributed by atoms with Crippen molar-refractivity contribution in [2.75, 3.05) is 38.3 Å². The average molecular weight is 815 g/mol. The van der Waals surface area contributed by atoms with Gasteiger partial charge >= 0.3 is 18.4 Å². The Hall–Kier alpha value is -6.12. The summed E-state index contributed by atoms with van der Waals surface area (Å²) < 4.78 is 100. The van der Waals surface area contributed by atoms with Gasteiger partial charge in [-0.2, -0.15) is 26.3 Å². The van der Waals surface area contributed by atoms with Gasteiger partial charge in [0.05, 0.1) is 43.7 Å². The molecule has 2 aromatic heterocycles. The number of hydrogen-bond acceptors (Lipinski definition) is 11. The minimum atomic E-state index is -5.06. The summed E-state index contributed by atoms with van der Waals surface area (Å²) in [4.78, 5) is 43.7. The number of ether oxygens (including phenoxy) is 3. The summed E-state index contributed by atoms with van der Waals surface area (Å²) in [6.45, 7) is 3.29. The number of guanidine groups is 1. The van der Waals surface area contributed by atoms with Crippen LogP contribution in [0.3, 0.4) is 0 Å². The molecular weight excluding hydrogens is 778 g/mol. The van der Waals surface area contributed by atoms with Crippen LogP contribution in [0.4, 0.5) is 37.1 Å². The van der Waals surface area contributed by atoms with E-state index in [0.29, 0.717) is 65.8 Å². The third kappa shape index (κ3) is 7.89. The van der Waals surface area contributed by atoms with Crippen LogP contribution in [-0.4, -0.2) is 95.2 Å². The maximum atomic E-state index is 13.9. The first-order chi connectivity index (χ1) is 27.5.